The molecule has 1 atom stereocenters. The lowest BCUT2D eigenvalue weighted by atomic mass is 10.2. The van der Waals surface area contributed by atoms with Crippen LogP contribution in [-0.4, -0.2) is 57.2 Å². The summed E-state index contributed by atoms with van der Waals surface area (Å²) in [6.07, 6.45) is 2.01. The van der Waals surface area contributed by atoms with Gasteiger partial charge >= 0.3 is 6.18 Å². The molecule has 0 fully saturated rings. The third-order valence-corrected chi connectivity index (χ3v) is 6.95. The topological polar surface area (TPSA) is 87.2 Å². The predicted octanol–water partition coefficient (Wildman–Crippen LogP) is 4.00. The van der Waals surface area contributed by atoms with Gasteiger partial charge in [-0.15, -0.1) is 20.4 Å². The molecular formula is C19H15F3N8S2. The van der Waals surface area contributed by atoms with Crippen molar-refractivity contribution < 1.29 is 13.2 Å². The molecule has 0 aromatic carbocycles. The van der Waals surface area contributed by atoms with E-state index >= 15 is 0 Å². The average Bonchev–Trinajstić information content (AvgIpc) is 3.48. The van der Waals surface area contributed by atoms with Gasteiger partial charge in [-0.05, 0) is 24.3 Å². The molecule has 32 heavy (non-hydrogen) atoms. The number of aromatic nitrogens is 8. The maximum absolute atomic E-state index is 13.3. The number of alkyl halides is 3. The zero-order valence-corrected chi connectivity index (χ0v) is 18.0. The third kappa shape index (κ3) is 4.21. The minimum Gasteiger partial charge on any atom is -0.297 e. The van der Waals surface area contributed by atoms with Crippen molar-refractivity contribution in [1.82, 2.24) is 39.5 Å². The number of fused-ring (bicyclic) bond motifs is 1. The van der Waals surface area contributed by atoms with Gasteiger partial charge in [0.05, 0.1) is 6.04 Å². The van der Waals surface area contributed by atoms with E-state index in [9.17, 15) is 13.2 Å². The van der Waals surface area contributed by atoms with E-state index in [0.717, 1.165) is 21.0 Å². The Morgan fingerprint density at radius 1 is 0.969 bits per heavy atom. The molecule has 5 heterocycles. The normalized spacial score (nSPS) is 15.8. The van der Waals surface area contributed by atoms with Crippen molar-refractivity contribution in [1.29, 1.82) is 0 Å². The van der Waals surface area contributed by atoms with Crippen molar-refractivity contribution in [2.45, 2.75) is 29.1 Å². The first-order valence-corrected chi connectivity index (χ1v) is 11.5. The van der Waals surface area contributed by atoms with E-state index in [1.807, 2.05) is 16.7 Å². The number of hydrogen-bond donors (Lipinski definition) is 0. The average molecular weight is 477 g/mol. The van der Waals surface area contributed by atoms with Crippen LogP contribution in [-0.2, 0) is 6.54 Å². The Morgan fingerprint density at radius 2 is 1.78 bits per heavy atom. The number of rotatable bonds is 6. The second-order valence-electron chi connectivity index (χ2n) is 6.94. The Hall–Kier alpha value is -2.93. The van der Waals surface area contributed by atoms with Crippen LogP contribution in [0.3, 0.4) is 0 Å². The van der Waals surface area contributed by atoms with E-state index in [2.05, 4.69) is 30.4 Å². The predicted molar refractivity (Wildman–Crippen MR) is 113 cm³/mol. The fraction of sp³-hybridized carbons (Fsp3) is 0.263. The summed E-state index contributed by atoms with van der Waals surface area (Å²) in [6, 6.07) is 6.94. The van der Waals surface area contributed by atoms with E-state index in [1.54, 1.807) is 36.3 Å². The van der Waals surface area contributed by atoms with Crippen LogP contribution >= 0.6 is 23.5 Å². The van der Waals surface area contributed by atoms with Gasteiger partial charge in [0.25, 0.3) is 0 Å². The summed E-state index contributed by atoms with van der Waals surface area (Å²) in [4.78, 5) is 8.05. The number of nitrogens with zero attached hydrogens (tertiary/aromatic N) is 8. The maximum Gasteiger partial charge on any atom is 0.406 e. The summed E-state index contributed by atoms with van der Waals surface area (Å²) in [5.41, 5.74) is 1.36. The van der Waals surface area contributed by atoms with Crippen LogP contribution in [0, 0.1) is 0 Å². The van der Waals surface area contributed by atoms with Crippen molar-refractivity contribution in [3.63, 3.8) is 0 Å². The Labute approximate surface area is 188 Å². The molecule has 0 radical (unpaired) electrons. The molecular weight excluding hydrogens is 461 g/mol. The lowest BCUT2D eigenvalue weighted by Crippen LogP contribution is -2.19. The van der Waals surface area contributed by atoms with Gasteiger partial charge in [-0.2, -0.15) is 13.2 Å². The van der Waals surface area contributed by atoms with Crippen LogP contribution in [0.15, 0.2) is 59.4 Å². The van der Waals surface area contributed by atoms with Gasteiger partial charge < -0.3 is 0 Å². The monoisotopic (exact) mass is 476 g/mol. The van der Waals surface area contributed by atoms with Crippen molar-refractivity contribution in [2.24, 2.45) is 0 Å². The van der Waals surface area contributed by atoms with Crippen LogP contribution in [0.2, 0.25) is 0 Å². The largest absolute Gasteiger partial charge is 0.406 e. The summed E-state index contributed by atoms with van der Waals surface area (Å²) >= 11 is 2.81. The molecule has 0 saturated carbocycles. The van der Waals surface area contributed by atoms with Gasteiger partial charge in [-0.3, -0.25) is 19.1 Å². The second-order valence-corrected chi connectivity index (χ2v) is 8.91. The van der Waals surface area contributed by atoms with Gasteiger partial charge in [-0.1, -0.05) is 23.5 Å². The van der Waals surface area contributed by atoms with Crippen LogP contribution < -0.4 is 0 Å². The first-order chi connectivity index (χ1) is 15.5. The molecule has 1 aliphatic rings. The molecule has 4 aromatic rings. The molecule has 0 aliphatic carbocycles. The van der Waals surface area contributed by atoms with E-state index in [0.29, 0.717) is 17.1 Å². The zero-order chi connectivity index (χ0) is 22.1. The molecule has 0 N–H and O–H groups in total. The molecule has 0 saturated heterocycles. The molecule has 0 amide bonds. The van der Waals surface area contributed by atoms with Crippen LogP contribution in [0.1, 0.15) is 6.04 Å². The minimum absolute atomic E-state index is 0.00869. The highest BCUT2D eigenvalue weighted by atomic mass is 32.2. The fourth-order valence-electron chi connectivity index (χ4n) is 3.37. The fourth-order valence-corrected chi connectivity index (χ4v) is 5.61. The summed E-state index contributed by atoms with van der Waals surface area (Å²) < 4.78 is 43.0. The van der Waals surface area contributed by atoms with Crippen molar-refractivity contribution >= 4 is 23.5 Å². The molecule has 5 rings (SSSR count). The standard InChI is InChI=1S/C19H15F3N8S2/c20-19(21,22)11-29-15(12-3-6-23-7-4-12)25-27-17(29)31-9-14-10-32-18-28-26-16(30(14)18)13-2-1-5-24-8-13/h1-8,14H,9-11H2. The molecule has 0 bridgehead atoms. The SMILES string of the molecule is FC(F)(F)Cn1c(SCC2CSc3nnc(-c4cccnc4)n32)nnc1-c1ccncc1. The first kappa shape index (κ1) is 20.9. The third-order valence-electron chi connectivity index (χ3n) is 4.75. The Balaban J connectivity index is 1.41. The van der Waals surface area contributed by atoms with Gasteiger partial charge in [0, 0.05) is 47.4 Å². The van der Waals surface area contributed by atoms with Crippen molar-refractivity contribution in [3.8, 4) is 22.8 Å². The highest BCUT2D eigenvalue weighted by Gasteiger charge is 2.33. The molecule has 1 unspecified atom stereocenters. The summed E-state index contributed by atoms with van der Waals surface area (Å²) in [6.45, 7) is -1.17. The molecule has 13 heteroatoms. The van der Waals surface area contributed by atoms with E-state index in [1.165, 1.54) is 24.2 Å². The van der Waals surface area contributed by atoms with Gasteiger partial charge in [0.15, 0.2) is 22.0 Å². The maximum atomic E-state index is 13.3. The number of thioether (sulfide) groups is 2. The van der Waals surface area contributed by atoms with Gasteiger partial charge in [0.1, 0.15) is 6.54 Å². The zero-order valence-electron chi connectivity index (χ0n) is 16.3. The highest BCUT2D eigenvalue weighted by Crippen LogP contribution is 2.39. The Morgan fingerprint density at radius 3 is 2.53 bits per heavy atom. The summed E-state index contributed by atoms with van der Waals surface area (Å²) in [5, 5.41) is 17.6. The van der Waals surface area contributed by atoms with E-state index in [-0.39, 0.29) is 17.0 Å². The molecule has 1 aliphatic heterocycles. The lowest BCUT2D eigenvalue weighted by Gasteiger charge is -2.15. The molecule has 0 spiro atoms. The Kier molecular flexibility index (Phi) is 5.59. The van der Waals surface area contributed by atoms with Crippen molar-refractivity contribution in [3.05, 3.63) is 49.1 Å². The van der Waals surface area contributed by atoms with Gasteiger partial charge in [-0.25, -0.2) is 0 Å². The van der Waals surface area contributed by atoms with Crippen LogP contribution in [0.4, 0.5) is 13.2 Å². The minimum atomic E-state index is -4.41. The Bertz CT molecular complexity index is 1210. The molecule has 8 nitrogen and oxygen atoms in total. The van der Waals surface area contributed by atoms with E-state index in [4.69, 9.17) is 0 Å². The van der Waals surface area contributed by atoms with E-state index < -0.39 is 12.7 Å². The number of pyridine rings is 2. The quantitative estimate of drug-likeness (QED) is 0.386. The van der Waals surface area contributed by atoms with Crippen LogP contribution in [0.5, 0.6) is 0 Å². The smallest absolute Gasteiger partial charge is 0.297 e. The van der Waals surface area contributed by atoms with Crippen molar-refractivity contribution in [2.75, 3.05) is 11.5 Å². The highest BCUT2D eigenvalue weighted by molar-refractivity contribution is 8.00. The summed E-state index contributed by atoms with van der Waals surface area (Å²) in [7, 11) is 0. The lowest BCUT2D eigenvalue weighted by molar-refractivity contribution is -0.141. The second kappa shape index (κ2) is 8.54. The molecule has 164 valence electrons. The first-order valence-electron chi connectivity index (χ1n) is 9.51. The summed E-state index contributed by atoms with van der Waals surface area (Å²) in [5.74, 6) is 2.10. The van der Waals surface area contributed by atoms with Crippen LogP contribution in [0.25, 0.3) is 22.8 Å². The van der Waals surface area contributed by atoms with Gasteiger partial charge in [0.2, 0.25) is 0 Å². The number of halogens is 3. The molecule has 4 aromatic heterocycles. The number of hydrogen-bond acceptors (Lipinski definition) is 8.